The number of ether oxygens (including phenoxy) is 1. The number of carbonyl (C=O) groups is 1. The van der Waals surface area contributed by atoms with Crippen LogP contribution in [0.3, 0.4) is 0 Å². The van der Waals surface area contributed by atoms with Crippen LogP contribution in [0.25, 0.3) is 6.08 Å². The van der Waals surface area contributed by atoms with Crippen molar-refractivity contribution in [1.82, 2.24) is 0 Å². The van der Waals surface area contributed by atoms with Gasteiger partial charge in [-0.1, -0.05) is 65.5 Å². The number of carbonyl (C=O) groups excluding carboxylic acids is 1. The summed E-state index contributed by atoms with van der Waals surface area (Å²) in [5.74, 6) is 4.44. The van der Waals surface area contributed by atoms with E-state index in [1.807, 2.05) is 0 Å². The van der Waals surface area contributed by atoms with E-state index < -0.39 is 10.9 Å². The van der Waals surface area contributed by atoms with Crippen molar-refractivity contribution in [3.8, 4) is 0 Å². The Hall–Kier alpha value is -2.37. The van der Waals surface area contributed by atoms with Crippen molar-refractivity contribution in [3.63, 3.8) is 0 Å². The highest BCUT2D eigenvalue weighted by atomic mass is 16.6. The van der Waals surface area contributed by atoms with Gasteiger partial charge in [-0.2, -0.15) is 0 Å². The first-order valence-corrected chi connectivity index (χ1v) is 15.8. The van der Waals surface area contributed by atoms with Crippen LogP contribution in [0.2, 0.25) is 0 Å². The molecular weight excluding hydrogens is 502 g/mol. The fourth-order valence-corrected chi connectivity index (χ4v) is 9.69. The fourth-order valence-electron chi connectivity index (χ4n) is 9.69. The molecule has 6 heteroatoms. The summed E-state index contributed by atoms with van der Waals surface area (Å²) in [5, 5.41) is 11.1. The van der Waals surface area contributed by atoms with Gasteiger partial charge in [0.15, 0.2) is 0 Å². The number of esters is 1. The fraction of sp³-hybridized carbons (Fsp3) is 0.735. The average Bonchev–Trinajstić information content (AvgIpc) is 3.51. The Morgan fingerprint density at radius 1 is 1.15 bits per heavy atom. The molecule has 1 aromatic rings. The molecule has 0 N–H and O–H groups in total. The van der Waals surface area contributed by atoms with Crippen molar-refractivity contribution >= 4 is 17.7 Å². The van der Waals surface area contributed by atoms with Crippen LogP contribution in [-0.4, -0.2) is 17.0 Å². The van der Waals surface area contributed by atoms with E-state index in [1.54, 1.807) is 0 Å². The smallest absolute Gasteiger partial charge is 0.331 e. The Labute approximate surface area is 240 Å². The minimum absolute atomic E-state index is 0.0580. The first-order valence-electron chi connectivity index (χ1n) is 15.8. The van der Waals surface area contributed by atoms with Crippen LogP contribution >= 0.6 is 0 Å². The molecule has 0 radical (unpaired) electrons. The van der Waals surface area contributed by atoms with Crippen LogP contribution in [0.5, 0.6) is 0 Å². The quantitative estimate of drug-likeness (QED) is 0.100. The van der Waals surface area contributed by atoms with Gasteiger partial charge in [0.25, 0.3) is 0 Å². The number of hydrogen-bond donors (Lipinski definition) is 0. The minimum atomic E-state index is -0.520. The van der Waals surface area contributed by atoms with Gasteiger partial charge >= 0.3 is 11.7 Å². The second-order valence-electron chi connectivity index (χ2n) is 14.4. The van der Waals surface area contributed by atoms with Crippen LogP contribution in [0.4, 0.5) is 5.69 Å². The molecule has 0 spiro atoms. The Balaban J connectivity index is 1.21. The van der Waals surface area contributed by atoms with Gasteiger partial charge in [-0.25, -0.2) is 4.79 Å². The highest BCUT2D eigenvalue weighted by Crippen LogP contribution is 2.67. The van der Waals surface area contributed by atoms with Crippen molar-refractivity contribution in [2.24, 2.45) is 46.3 Å². The lowest BCUT2D eigenvalue weighted by Gasteiger charge is -2.58. The summed E-state index contributed by atoms with van der Waals surface area (Å²) in [6, 6.07) is 1.28. The largest absolute Gasteiger partial charge is 0.459 e. The zero-order valence-corrected chi connectivity index (χ0v) is 25.2. The molecule has 6 nitrogen and oxygen atoms in total. The zero-order valence-electron chi connectivity index (χ0n) is 25.2. The molecule has 0 aliphatic heterocycles. The zero-order chi connectivity index (χ0) is 28.7. The molecule has 220 valence electrons. The Morgan fingerprint density at radius 3 is 2.70 bits per heavy atom. The van der Waals surface area contributed by atoms with Crippen molar-refractivity contribution in [3.05, 3.63) is 45.9 Å². The van der Waals surface area contributed by atoms with Gasteiger partial charge in [-0.15, -0.1) is 0 Å². The van der Waals surface area contributed by atoms with Gasteiger partial charge in [0.2, 0.25) is 5.76 Å². The van der Waals surface area contributed by atoms with Crippen molar-refractivity contribution in [2.75, 3.05) is 0 Å². The van der Waals surface area contributed by atoms with Crippen LogP contribution < -0.4 is 0 Å². The molecule has 0 unspecified atom stereocenters. The summed E-state index contributed by atoms with van der Waals surface area (Å²) in [6.07, 6.45) is 19.7. The number of nitrogens with zero attached hydrogens (tertiary/aromatic N) is 1. The molecule has 1 heterocycles. The molecule has 3 saturated carbocycles. The van der Waals surface area contributed by atoms with Crippen LogP contribution in [0.15, 0.2) is 34.5 Å². The number of hydrogen-bond acceptors (Lipinski definition) is 5. The van der Waals surface area contributed by atoms with E-state index in [9.17, 15) is 14.9 Å². The molecule has 5 rings (SSSR count). The monoisotopic (exact) mass is 551 g/mol. The Bertz CT molecular complexity index is 1150. The van der Waals surface area contributed by atoms with Gasteiger partial charge in [-0.3, -0.25) is 10.1 Å². The number of furan rings is 1. The van der Waals surface area contributed by atoms with E-state index in [2.05, 4.69) is 40.7 Å². The maximum Gasteiger partial charge on any atom is 0.331 e. The molecule has 0 bridgehead atoms. The molecule has 0 aromatic carbocycles. The summed E-state index contributed by atoms with van der Waals surface area (Å²) in [4.78, 5) is 23.1. The normalized spacial score (nSPS) is 36.0. The van der Waals surface area contributed by atoms with Gasteiger partial charge < -0.3 is 9.15 Å². The van der Waals surface area contributed by atoms with Crippen molar-refractivity contribution < 1.29 is 18.9 Å². The molecule has 0 amide bonds. The standard InChI is InChI=1S/C34H49NO5/c1-22(2)7-6-8-23(3)27-11-12-28-26-10-9-24-21-25(15-18-33(24,4)29(26)16-19-34(27,28)5)40-32(36)14-13-31-30(35(37)38)17-20-39-31/h9,13-14,17,20,22-23,25-29H,6-8,10-12,15-16,18-19,21H2,1-5H3/b14-13+/t23-,25-,26-,27+,28+,29+,33-,34+/m0/s1. The highest BCUT2D eigenvalue weighted by molar-refractivity contribution is 5.87. The third-order valence-corrected chi connectivity index (χ3v) is 11.8. The molecule has 8 atom stereocenters. The van der Waals surface area contributed by atoms with Gasteiger partial charge in [-0.05, 0) is 97.4 Å². The molecule has 40 heavy (non-hydrogen) atoms. The van der Waals surface area contributed by atoms with Crippen molar-refractivity contribution in [1.29, 1.82) is 0 Å². The van der Waals surface area contributed by atoms with Crippen LogP contribution in [0.1, 0.15) is 111 Å². The van der Waals surface area contributed by atoms with E-state index in [1.165, 1.54) is 81.4 Å². The SMILES string of the molecule is CC(C)CCC[C@H](C)[C@H]1CC[C@@H]2[C@@H]3CC=C4C[C@@H](OC(=O)/C=C/c5occc5[N+](=O)[O-])CC[C@]4(C)[C@@H]3CC[C@@]21C. The number of nitro groups is 1. The summed E-state index contributed by atoms with van der Waals surface area (Å²) in [5.41, 5.74) is 2.03. The average molecular weight is 552 g/mol. The summed E-state index contributed by atoms with van der Waals surface area (Å²) >= 11 is 0. The third-order valence-electron chi connectivity index (χ3n) is 11.8. The summed E-state index contributed by atoms with van der Waals surface area (Å²) < 4.78 is 11.0. The lowest BCUT2D eigenvalue weighted by molar-refractivity contribution is -0.385. The lowest BCUT2D eigenvalue weighted by atomic mass is 9.47. The Morgan fingerprint density at radius 2 is 1.95 bits per heavy atom. The summed E-state index contributed by atoms with van der Waals surface area (Å²) in [7, 11) is 0. The highest BCUT2D eigenvalue weighted by Gasteiger charge is 2.59. The molecular formula is C34H49NO5. The first-order chi connectivity index (χ1) is 19.0. The van der Waals surface area contributed by atoms with Gasteiger partial charge in [0.1, 0.15) is 6.10 Å². The molecule has 3 fully saturated rings. The summed E-state index contributed by atoms with van der Waals surface area (Å²) in [6.45, 7) is 12.4. The minimum Gasteiger partial charge on any atom is -0.459 e. The van der Waals surface area contributed by atoms with Gasteiger partial charge in [0, 0.05) is 12.5 Å². The van der Waals surface area contributed by atoms with Crippen molar-refractivity contribution in [2.45, 2.75) is 111 Å². The number of allylic oxidation sites excluding steroid dienone is 1. The second-order valence-corrected chi connectivity index (χ2v) is 14.4. The first kappa shape index (κ1) is 29.1. The predicted molar refractivity (Wildman–Crippen MR) is 157 cm³/mol. The van der Waals surface area contributed by atoms with E-state index in [0.29, 0.717) is 5.41 Å². The van der Waals surface area contributed by atoms with E-state index >= 15 is 0 Å². The topological polar surface area (TPSA) is 82.6 Å². The van der Waals surface area contributed by atoms with E-state index in [-0.39, 0.29) is 23.0 Å². The second kappa shape index (κ2) is 11.5. The van der Waals surface area contributed by atoms with Crippen LogP contribution in [0, 0.1) is 56.5 Å². The van der Waals surface area contributed by atoms with E-state index in [4.69, 9.17) is 9.15 Å². The van der Waals surface area contributed by atoms with E-state index in [0.717, 1.165) is 54.8 Å². The Kier molecular flexibility index (Phi) is 8.37. The molecule has 4 aliphatic carbocycles. The molecule has 1 aromatic heterocycles. The molecule has 0 saturated heterocycles. The predicted octanol–water partition coefficient (Wildman–Crippen LogP) is 9.15. The third kappa shape index (κ3) is 5.44. The van der Waals surface area contributed by atoms with Gasteiger partial charge in [0.05, 0.1) is 17.3 Å². The maximum absolute atomic E-state index is 12.6. The number of rotatable bonds is 9. The lowest BCUT2D eigenvalue weighted by Crippen LogP contribution is -2.51. The van der Waals surface area contributed by atoms with Crippen LogP contribution in [-0.2, 0) is 9.53 Å². The molecule has 4 aliphatic rings. The maximum atomic E-state index is 12.6. The number of fused-ring (bicyclic) bond motifs is 5.